The molecule has 4 aromatic rings. The van der Waals surface area contributed by atoms with Crippen LogP contribution in [-0.2, 0) is 4.79 Å². The van der Waals surface area contributed by atoms with Crippen LogP contribution < -0.4 is 10.6 Å². The first-order chi connectivity index (χ1) is 14.6. The zero-order valence-electron chi connectivity index (χ0n) is 15.6. The standard InChI is InChI=1S/C23H16Br2N4O/c24-16-7-4-15(5-8-16)6-11-22(30)28-19-9-10-21-20(13-19)23(27-14-26-21)29-18-3-1-2-17(25)12-18/h1-14H,(H,28,30)(H,26,27,29). The van der Waals surface area contributed by atoms with Gasteiger partial charge in [0.05, 0.1) is 5.52 Å². The summed E-state index contributed by atoms with van der Waals surface area (Å²) in [5, 5.41) is 7.01. The average molecular weight is 524 g/mol. The van der Waals surface area contributed by atoms with Crippen LogP contribution in [0.5, 0.6) is 0 Å². The van der Waals surface area contributed by atoms with E-state index in [2.05, 4.69) is 52.5 Å². The molecular formula is C23H16Br2N4O. The summed E-state index contributed by atoms with van der Waals surface area (Å²) in [6, 6.07) is 21.1. The number of halogens is 2. The largest absolute Gasteiger partial charge is 0.340 e. The van der Waals surface area contributed by atoms with E-state index in [1.165, 1.54) is 12.4 Å². The van der Waals surface area contributed by atoms with Gasteiger partial charge in [-0.1, -0.05) is 50.1 Å². The highest BCUT2D eigenvalue weighted by atomic mass is 79.9. The Morgan fingerprint density at radius 3 is 2.50 bits per heavy atom. The zero-order valence-corrected chi connectivity index (χ0v) is 18.8. The summed E-state index contributed by atoms with van der Waals surface area (Å²) >= 11 is 6.87. The molecule has 0 bridgehead atoms. The summed E-state index contributed by atoms with van der Waals surface area (Å²) in [4.78, 5) is 21.0. The van der Waals surface area contributed by atoms with Crippen molar-refractivity contribution in [1.82, 2.24) is 9.97 Å². The number of nitrogens with one attached hydrogen (secondary N) is 2. The predicted octanol–water partition coefficient (Wildman–Crippen LogP) is 6.55. The monoisotopic (exact) mass is 522 g/mol. The molecule has 0 saturated carbocycles. The van der Waals surface area contributed by atoms with Crippen molar-refractivity contribution in [2.75, 3.05) is 10.6 Å². The highest BCUT2D eigenvalue weighted by molar-refractivity contribution is 9.10. The maximum absolute atomic E-state index is 12.3. The Morgan fingerprint density at radius 1 is 0.867 bits per heavy atom. The zero-order chi connectivity index (χ0) is 20.9. The Bertz CT molecular complexity index is 1240. The van der Waals surface area contributed by atoms with Crippen molar-refractivity contribution in [3.63, 3.8) is 0 Å². The number of hydrogen-bond acceptors (Lipinski definition) is 4. The van der Waals surface area contributed by atoms with Gasteiger partial charge in [0, 0.05) is 31.8 Å². The van der Waals surface area contributed by atoms with Gasteiger partial charge in [0.1, 0.15) is 12.1 Å². The first-order valence-electron chi connectivity index (χ1n) is 9.09. The molecule has 5 nitrogen and oxygen atoms in total. The summed E-state index contributed by atoms with van der Waals surface area (Å²) in [5.41, 5.74) is 3.29. The maximum atomic E-state index is 12.3. The number of nitrogens with zero attached hydrogens (tertiary/aromatic N) is 2. The molecule has 30 heavy (non-hydrogen) atoms. The maximum Gasteiger partial charge on any atom is 0.248 e. The van der Waals surface area contributed by atoms with Gasteiger partial charge in [-0.2, -0.15) is 0 Å². The van der Waals surface area contributed by atoms with Crippen molar-refractivity contribution in [3.8, 4) is 0 Å². The summed E-state index contributed by atoms with van der Waals surface area (Å²) < 4.78 is 1.96. The van der Waals surface area contributed by atoms with E-state index >= 15 is 0 Å². The number of rotatable bonds is 5. The molecule has 3 aromatic carbocycles. The number of fused-ring (bicyclic) bond motifs is 1. The summed E-state index contributed by atoms with van der Waals surface area (Å²) in [7, 11) is 0. The van der Waals surface area contributed by atoms with E-state index in [1.807, 2.05) is 66.7 Å². The van der Waals surface area contributed by atoms with Crippen molar-refractivity contribution in [3.05, 3.63) is 93.6 Å². The van der Waals surface area contributed by atoms with Gasteiger partial charge in [0.15, 0.2) is 0 Å². The topological polar surface area (TPSA) is 66.9 Å². The molecule has 0 fully saturated rings. The van der Waals surface area contributed by atoms with Crippen LogP contribution in [0.4, 0.5) is 17.2 Å². The molecule has 0 aliphatic rings. The fourth-order valence-corrected chi connectivity index (χ4v) is 3.53. The van der Waals surface area contributed by atoms with Gasteiger partial charge in [-0.3, -0.25) is 4.79 Å². The lowest BCUT2D eigenvalue weighted by Crippen LogP contribution is -2.07. The van der Waals surface area contributed by atoms with E-state index in [-0.39, 0.29) is 5.91 Å². The first kappa shape index (κ1) is 20.3. The molecule has 148 valence electrons. The smallest absolute Gasteiger partial charge is 0.248 e. The molecule has 0 atom stereocenters. The molecule has 0 aliphatic heterocycles. The van der Waals surface area contributed by atoms with E-state index < -0.39 is 0 Å². The Balaban J connectivity index is 1.54. The van der Waals surface area contributed by atoms with Crippen LogP contribution >= 0.6 is 31.9 Å². The first-order valence-corrected chi connectivity index (χ1v) is 10.7. The summed E-state index contributed by atoms with van der Waals surface area (Å²) in [6.45, 7) is 0. The van der Waals surface area contributed by atoms with Crippen LogP contribution in [0.1, 0.15) is 5.56 Å². The number of carbonyl (C=O) groups is 1. The number of aromatic nitrogens is 2. The molecule has 0 saturated heterocycles. The minimum Gasteiger partial charge on any atom is -0.340 e. The van der Waals surface area contributed by atoms with Crippen LogP contribution in [0.25, 0.3) is 17.0 Å². The van der Waals surface area contributed by atoms with Crippen molar-refractivity contribution >= 4 is 71.9 Å². The molecule has 0 spiro atoms. The van der Waals surface area contributed by atoms with E-state index in [0.717, 1.165) is 31.1 Å². The Hall–Kier alpha value is -3.03. The molecule has 2 N–H and O–H groups in total. The predicted molar refractivity (Wildman–Crippen MR) is 129 cm³/mol. The van der Waals surface area contributed by atoms with E-state index in [9.17, 15) is 4.79 Å². The van der Waals surface area contributed by atoms with Crippen LogP contribution in [-0.4, -0.2) is 15.9 Å². The van der Waals surface area contributed by atoms with Gasteiger partial charge >= 0.3 is 0 Å². The minimum absolute atomic E-state index is 0.212. The Labute approximate surface area is 190 Å². The SMILES string of the molecule is O=C(C=Cc1ccc(Br)cc1)Nc1ccc2ncnc(Nc3cccc(Br)c3)c2c1. The van der Waals surface area contributed by atoms with Crippen molar-refractivity contribution in [2.24, 2.45) is 0 Å². The second-order valence-corrected chi connectivity index (χ2v) is 8.30. The quantitative estimate of drug-likeness (QED) is 0.291. The molecule has 1 aromatic heterocycles. The molecule has 0 aliphatic carbocycles. The molecule has 4 rings (SSSR count). The molecule has 1 amide bonds. The fraction of sp³-hybridized carbons (Fsp3) is 0. The summed E-state index contributed by atoms with van der Waals surface area (Å²) in [6.07, 6.45) is 4.80. The normalized spacial score (nSPS) is 11.0. The lowest BCUT2D eigenvalue weighted by molar-refractivity contribution is -0.111. The number of amides is 1. The number of hydrogen-bond donors (Lipinski definition) is 2. The lowest BCUT2D eigenvalue weighted by atomic mass is 10.2. The van der Waals surface area contributed by atoms with E-state index in [4.69, 9.17) is 0 Å². The molecule has 7 heteroatoms. The summed E-state index contributed by atoms with van der Waals surface area (Å²) in [5.74, 6) is 0.454. The molecule has 0 unspecified atom stereocenters. The molecular weight excluding hydrogens is 508 g/mol. The lowest BCUT2D eigenvalue weighted by Gasteiger charge is -2.10. The van der Waals surface area contributed by atoms with Gasteiger partial charge in [-0.15, -0.1) is 0 Å². The molecule has 1 heterocycles. The van der Waals surface area contributed by atoms with E-state index in [0.29, 0.717) is 11.5 Å². The third-order valence-electron chi connectivity index (χ3n) is 4.29. The molecule has 0 radical (unpaired) electrons. The Morgan fingerprint density at radius 2 is 1.70 bits per heavy atom. The van der Waals surface area contributed by atoms with Gasteiger partial charge < -0.3 is 10.6 Å². The second-order valence-electron chi connectivity index (χ2n) is 6.46. The van der Waals surface area contributed by atoms with Gasteiger partial charge in [0.25, 0.3) is 0 Å². The third-order valence-corrected chi connectivity index (χ3v) is 5.31. The van der Waals surface area contributed by atoms with E-state index in [1.54, 1.807) is 6.08 Å². The van der Waals surface area contributed by atoms with Crippen molar-refractivity contribution in [2.45, 2.75) is 0 Å². The number of anilines is 3. The van der Waals surface area contributed by atoms with Crippen LogP contribution in [0.15, 0.2) is 88.1 Å². The average Bonchev–Trinajstić information content (AvgIpc) is 2.74. The van der Waals surface area contributed by atoms with Crippen LogP contribution in [0.2, 0.25) is 0 Å². The van der Waals surface area contributed by atoms with Crippen LogP contribution in [0, 0.1) is 0 Å². The van der Waals surface area contributed by atoms with Gasteiger partial charge in [-0.05, 0) is 60.2 Å². The minimum atomic E-state index is -0.212. The van der Waals surface area contributed by atoms with Crippen molar-refractivity contribution < 1.29 is 4.79 Å². The Kier molecular flexibility index (Phi) is 6.21. The highest BCUT2D eigenvalue weighted by Gasteiger charge is 2.07. The van der Waals surface area contributed by atoms with Gasteiger partial charge in [-0.25, -0.2) is 9.97 Å². The highest BCUT2D eigenvalue weighted by Crippen LogP contribution is 2.27. The number of carbonyl (C=O) groups excluding carboxylic acids is 1. The van der Waals surface area contributed by atoms with Crippen LogP contribution in [0.3, 0.4) is 0 Å². The van der Waals surface area contributed by atoms with Crippen molar-refractivity contribution in [1.29, 1.82) is 0 Å². The fourth-order valence-electron chi connectivity index (χ4n) is 2.87. The second kappa shape index (κ2) is 9.19. The third kappa shape index (κ3) is 5.11. The number of benzene rings is 3. The van der Waals surface area contributed by atoms with Gasteiger partial charge in [0.2, 0.25) is 5.91 Å².